The second-order valence-electron chi connectivity index (χ2n) is 7.69. The molecule has 1 heterocycles. The topological polar surface area (TPSA) is 61.8 Å². The molecule has 0 aromatic heterocycles. The Morgan fingerprint density at radius 2 is 2.08 bits per heavy atom. The van der Waals surface area contributed by atoms with Gasteiger partial charge >= 0.3 is 0 Å². The van der Waals surface area contributed by atoms with Crippen molar-refractivity contribution in [2.75, 3.05) is 32.8 Å². The van der Waals surface area contributed by atoms with Gasteiger partial charge in [0.15, 0.2) is 0 Å². The Hall–Kier alpha value is -1.59. The first-order valence-corrected chi connectivity index (χ1v) is 9.26. The highest BCUT2D eigenvalue weighted by Crippen LogP contribution is 2.28. The number of nitrogens with one attached hydrogen (secondary N) is 1. The molecule has 0 aliphatic carbocycles. The summed E-state index contributed by atoms with van der Waals surface area (Å²) < 4.78 is 5.63. The number of hydrogen-bond donors (Lipinski definition) is 2. The standard InChI is InChI=1S/C20H32N2O3/c1-16(2)25-18-7-5-17(6-8-18)9-11-21-19(24)13-22-12-4-10-20(3,14-22)15-23/h5-8,16,23H,4,9-15H2,1-3H3,(H,21,24). The maximum Gasteiger partial charge on any atom is 0.234 e. The van der Waals surface area contributed by atoms with Crippen molar-refractivity contribution >= 4 is 5.91 Å². The molecule has 140 valence electrons. The summed E-state index contributed by atoms with van der Waals surface area (Å²) in [4.78, 5) is 14.3. The zero-order chi connectivity index (χ0) is 18.3. The Labute approximate surface area is 151 Å². The van der Waals surface area contributed by atoms with Crippen LogP contribution in [0.1, 0.15) is 39.2 Å². The van der Waals surface area contributed by atoms with Crippen LogP contribution in [-0.2, 0) is 11.2 Å². The summed E-state index contributed by atoms with van der Waals surface area (Å²) >= 11 is 0. The fraction of sp³-hybridized carbons (Fsp3) is 0.650. The number of likely N-dealkylation sites (tertiary alicyclic amines) is 1. The van der Waals surface area contributed by atoms with E-state index in [0.717, 1.165) is 38.1 Å². The van der Waals surface area contributed by atoms with Gasteiger partial charge in [-0.25, -0.2) is 0 Å². The second-order valence-corrected chi connectivity index (χ2v) is 7.69. The van der Waals surface area contributed by atoms with Crippen LogP contribution in [0.2, 0.25) is 0 Å². The fourth-order valence-electron chi connectivity index (χ4n) is 3.30. The highest BCUT2D eigenvalue weighted by atomic mass is 16.5. The van der Waals surface area contributed by atoms with E-state index < -0.39 is 0 Å². The maximum absolute atomic E-state index is 12.1. The van der Waals surface area contributed by atoms with E-state index in [1.165, 1.54) is 5.56 Å². The smallest absolute Gasteiger partial charge is 0.234 e. The molecule has 2 rings (SSSR count). The monoisotopic (exact) mass is 348 g/mol. The predicted octanol–water partition coefficient (Wildman–Crippen LogP) is 2.23. The summed E-state index contributed by atoms with van der Waals surface area (Å²) in [7, 11) is 0. The minimum absolute atomic E-state index is 0.0574. The van der Waals surface area contributed by atoms with Crippen molar-refractivity contribution in [3.8, 4) is 5.75 Å². The largest absolute Gasteiger partial charge is 0.491 e. The van der Waals surface area contributed by atoms with E-state index in [-0.39, 0.29) is 24.0 Å². The van der Waals surface area contributed by atoms with Gasteiger partial charge in [-0.15, -0.1) is 0 Å². The van der Waals surface area contributed by atoms with E-state index in [1.54, 1.807) is 0 Å². The van der Waals surface area contributed by atoms with Gasteiger partial charge in [-0.2, -0.15) is 0 Å². The number of amides is 1. The molecule has 0 radical (unpaired) electrons. The number of carbonyl (C=O) groups is 1. The minimum Gasteiger partial charge on any atom is -0.491 e. The van der Waals surface area contributed by atoms with Crippen molar-refractivity contribution in [1.29, 1.82) is 0 Å². The molecule has 1 unspecified atom stereocenters. The first kappa shape index (κ1) is 19.7. The van der Waals surface area contributed by atoms with Crippen molar-refractivity contribution < 1.29 is 14.6 Å². The summed E-state index contributed by atoms with van der Waals surface area (Å²) in [6.07, 6.45) is 3.04. The van der Waals surface area contributed by atoms with Crippen molar-refractivity contribution in [3.63, 3.8) is 0 Å². The van der Waals surface area contributed by atoms with Gasteiger partial charge in [0, 0.05) is 25.1 Å². The van der Waals surface area contributed by atoms with Crippen molar-refractivity contribution in [3.05, 3.63) is 29.8 Å². The zero-order valence-corrected chi connectivity index (χ0v) is 15.8. The van der Waals surface area contributed by atoms with Crippen LogP contribution < -0.4 is 10.1 Å². The molecule has 0 bridgehead atoms. The van der Waals surface area contributed by atoms with Crippen LogP contribution in [0.3, 0.4) is 0 Å². The molecule has 5 heteroatoms. The quantitative estimate of drug-likeness (QED) is 0.756. The van der Waals surface area contributed by atoms with Crippen LogP contribution in [0.25, 0.3) is 0 Å². The second kappa shape index (κ2) is 9.20. The summed E-state index contributed by atoms with van der Waals surface area (Å²) in [5.41, 5.74) is 1.11. The highest BCUT2D eigenvalue weighted by Gasteiger charge is 2.30. The van der Waals surface area contributed by atoms with Crippen molar-refractivity contribution in [1.82, 2.24) is 10.2 Å². The van der Waals surface area contributed by atoms with Gasteiger partial charge in [-0.05, 0) is 57.4 Å². The zero-order valence-electron chi connectivity index (χ0n) is 15.8. The van der Waals surface area contributed by atoms with Gasteiger partial charge in [-0.1, -0.05) is 19.1 Å². The molecule has 1 atom stereocenters. The lowest BCUT2D eigenvalue weighted by Gasteiger charge is -2.38. The van der Waals surface area contributed by atoms with E-state index in [0.29, 0.717) is 13.1 Å². The van der Waals surface area contributed by atoms with Gasteiger partial charge in [0.25, 0.3) is 0 Å². The molecule has 2 N–H and O–H groups in total. The molecule has 1 aromatic rings. The molecule has 1 fully saturated rings. The number of hydrogen-bond acceptors (Lipinski definition) is 4. The van der Waals surface area contributed by atoms with E-state index in [1.807, 2.05) is 38.1 Å². The Balaban J connectivity index is 1.70. The van der Waals surface area contributed by atoms with Gasteiger partial charge in [0.05, 0.1) is 12.6 Å². The molecular weight excluding hydrogens is 316 g/mol. The number of rotatable bonds is 8. The third kappa shape index (κ3) is 6.67. The molecule has 1 aromatic carbocycles. The van der Waals surface area contributed by atoms with E-state index in [4.69, 9.17) is 4.74 Å². The van der Waals surface area contributed by atoms with Gasteiger partial charge in [-0.3, -0.25) is 9.69 Å². The average Bonchev–Trinajstić information content (AvgIpc) is 2.56. The van der Waals surface area contributed by atoms with Crippen LogP contribution in [0, 0.1) is 5.41 Å². The summed E-state index contributed by atoms with van der Waals surface area (Å²) in [6, 6.07) is 8.03. The van der Waals surface area contributed by atoms with Crippen molar-refractivity contribution in [2.45, 2.75) is 46.1 Å². The summed E-state index contributed by atoms with van der Waals surface area (Å²) in [6.45, 7) is 9.05. The Bertz CT molecular complexity index is 544. The number of carbonyl (C=O) groups excluding carboxylic acids is 1. The lowest BCUT2D eigenvalue weighted by molar-refractivity contribution is -0.123. The number of benzene rings is 1. The molecule has 5 nitrogen and oxygen atoms in total. The number of aliphatic hydroxyl groups excluding tert-OH is 1. The third-order valence-electron chi connectivity index (χ3n) is 4.64. The predicted molar refractivity (Wildman–Crippen MR) is 99.8 cm³/mol. The molecule has 1 aliphatic rings. The first-order valence-electron chi connectivity index (χ1n) is 9.26. The van der Waals surface area contributed by atoms with Crippen LogP contribution >= 0.6 is 0 Å². The van der Waals surface area contributed by atoms with Gasteiger partial charge in [0.1, 0.15) is 5.75 Å². The highest BCUT2D eigenvalue weighted by molar-refractivity contribution is 5.78. The van der Waals surface area contributed by atoms with Crippen LogP contribution in [0.5, 0.6) is 5.75 Å². The molecule has 25 heavy (non-hydrogen) atoms. The number of piperidine rings is 1. The summed E-state index contributed by atoms with van der Waals surface area (Å²) in [5, 5.41) is 12.5. The molecule has 1 aliphatic heterocycles. The number of aliphatic hydroxyl groups is 1. The molecule has 0 saturated carbocycles. The van der Waals surface area contributed by atoms with Gasteiger partial charge < -0.3 is 15.2 Å². The lowest BCUT2D eigenvalue weighted by atomic mass is 9.83. The van der Waals surface area contributed by atoms with Gasteiger partial charge in [0.2, 0.25) is 5.91 Å². The van der Waals surface area contributed by atoms with Crippen LogP contribution in [0.15, 0.2) is 24.3 Å². The molecular formula is C20H32N2O3. The Kier molecular flexibility index (Phi) is 7.26. The first-order chi connectivity index (χ1) is 11.9. The molecule has 1 amide bonds. The molecule has 0 spiro atoms. The van der Waals surface area contributed by atoms with Crippen LogP contribution in [-0.4, -0.2) is 54.8 Å². The molecule has 1 saturated heterocycles. The Morgan fingerprint density at radius 1 is 1.36 bits per heavy atom. The Morgan fingerprint density at radius 3 is 2.72 bits per heavy atom. The number of ether oxygens (including phenoxy) is 1. The van der Waals surface area contributed by atoms with E-state index in [2.05, 4.69) is 17.1 Å². The maximum atomic E-state index is 12.1. The third-order valence-corrected chi connectivity index (χ3v) is 4.64. The average molecular weight is 348 g/mol. The van der Waals surface area contributed by atoms with E-state index >= 15 is 0 Å². The fourth-order valence-corrected chi connectivity index (χ4v) is 3.30. The normalized spacial score (nSPS) is 21.3. The van der Waals surface area contributed by atoms with Crippen LogP contribution in [0.4, 0.5) is 0 Å². The summed E-state index contributed by atoms with van der Waals surface area (Å²) in [5.74, 6) is 0.932. The van der Waals surface area contributed by atoms with Crippen molar-refractivity contribution in [2.24, 2.45) is 5.41 Å². The number of nitrogens with zero attached hydrogens (tertiary/aromatic N) is 1. The lowest BCUT2D eigenvalue weighted by Crippen LogP contribution is -2.47. The minimum atomic E-state index is -0.0711. The SMILES string of the molecule is CC(C)Oc1ccc(CCNC(=O)CN2CCCC(C)(CO)C2)cc1. The van der Waals surface area contributed by atoms with E-state index in [9.17, 15) is 9.90 Å².